The van der Waals surface area contributed by atoms with Crippen LogP contribution in [0.2, 0.25) is 0 Å². The minimum Gasteiger partial charge on any atom is -0.454 e. The Morgan fingerprint density at radius 1 is 1.14 bits per heavy atom. The molecule has 2 fully saturated rings. The van der Waals surface area contributed by atoms with Crippen LogP contribution in [0.1, 0.15) is 25.7 Å². The number of hydrogen-bond donors (Lipinski definition) is 2. The van der Waals surface area contributed by atoms with E-state index in [4.69, 9.17) is 10.5 Å². The Balaban J connectivity index is 1.33. The molecule has 0 unspecified atom stereocenters. The van der Waals surface area contributed by atoms with Gasteiger partial charge in [0.25, 0.3) is 0 Å². The van der Waals surface area contributed by atoms with Crippen molar-refractivity contribution in [2.45, 2.75) is 31.7 Å². The van der Waals surface area contributed by atoms with E-state index in [9.17, 15) is 9.18 Å². The molecule has 0 radical (unpaired) electrons. The fourth-order valence-electron chi connectivity index (χ4n) is 4.00. The van der Waals surface area contributed by atoms with Crippen molar-refractivity contribution < 1.29 is 13.9 Å². The Hall–Kier alpha value is -2.87. The van der Waals surface area contributed by atoms with E-state index in [-0.39, 0.29) is 11.8 Å². The Morgan fingerprint density at radius 3 is 2.62 bits per heavy atom. The zero-order chi connectivity index (χ0) is 20.2. The van der Waals surface area contributed by atoms with E-state index in [0.29, 0.717) is 23.3 Å². The van der Waals surface area contributed by atoms with Gasteiger partial charge in [-0.05, 0) is 57.0 Å². The first-order valence-corrected chi connectivity index (χ1v) is 10.1. The molecule has 8 heteroatoms. The molecule has 1 aromatic heterocycles. The number of aromatic nitrogens is 1. The molecule has 2 saturated heterocycles. The SMILES string of the molecule is Nc1ccc(Oc2ccnc(NC(=O)N3CCC(N4CCCC4)CC3)c2)c(F)c1. The molecule has 2 aliphatic heterocycles. The van der Waals surface area contributed by atoms with Crippen molar-refractivity contribution in [2.24, 2.45) is 0 Å². The molecule has 7 nitrogen and oxygen atoms in total. The van der Waals surface area contributed by atoms with Crippen LogP contribution in [-0.2, 0) is 0 Å². The van der Waals surface area contributed by atoms with Gasteiger partial charge in [0.15, 0.2) is 11.6 Å². The third kappa shape index (κ3) is 4.76. The number of benzene rings is 1. The van der Waals surface area contributed by atoms with E-state index >= 15 is 0 Å². The van der Waals surface area contributed by atoms with E-state index < -0.39 is 5.82 Å². The van der Waals surface area contributed by atoms with Crippen LogP contribution >= 0.6 is 0 Å². The predicted molar refractivity (Wildman–Crippen MR) is 110 cm³/mol. The van der Waals surface area contributed by atoms with Gasteiger partial charge < -0.3 is 20.3 Å². The molecule has 3 heterocycles. The standard InChI is InChI=1S/C21H26FN5O2/c22-18-13-15(23)3-4-19(18)29-17-5-8-24-20(14-17)25-21(28)27-11-6-16(7-12-27)26-9-1-2-10-26/h3-5,8,13-14,16H,1-2,6-7,9-12,23H2,(H,24,25,28). The molecule has 3 N–H and O–H groups in total. The number of hydrogen-bond acceptors (Lipinski definition) is 5. The highest BCUT2D eigenvalue weighted by Crippen LogP contribution is 2.27. The Bertz CT molecular complexity index is 864. The summed E-state index contributed by atoms with van der Waals surface area (Å²) < 4.78 is 19.5. The van der Waals surface area contributed by atoms with Crippen molar-refractivity contribution in [3.8, 4) is 11.5 Å². The summed E-state index contributed by atoms with van der Waals surface area (Å²) >= 11 is 0. The van der Waals surface area contributed by atoms with Crippen molar-refractivity contribution in [1.82, 2.24) is 14.8 Å². The van der Waals surface area contributed by atoms with E-state index in [1.807, 2.05) is 4.90 Å². The molecule has 0 spiro atoms. The molecule has 0 bridgehead atoms. The number of pyridine rings is 1. The lowest BCUT2D eigenvalue weighted by Crippen LogP contribution is -2.47. The van der Waals surface area contributed by atoms with Crippen LogP contribution in [0.25, 0.3) is 0 Å². The second-order valence-electron chi connectivity index (χ2n) is 7.56. The molecular formula is C21H26FN5O2. The van der Waals surface area contributed by atoms with Crippen LogP contribution in [0.4, 0.5) is 20.7 Å². The average molecular weight is 399 g/mol. The minimum atomic E-state index is -0.548. The fourth-order valence-corrected chi connectivity index (χ4v) is 4.00. The summed E-state index contributed by atoms with van der Waals surface area (Å²) in [5.41, 5.74) is 5.88. The van der Waals surface area contributed by atoms with Gasteiger partial charge in [0.05, 0.1) is 0 Å². The van der Waals surface area contributed by atoms with Gasteiger partial charge in [-0.3, -0.25) is 5.32 Å². The van der Waals surface area contributed by atoms with E-state index in [0.717, 1.165) is 25.9 Å². The maximum absolute atomic E-state index is 13.9. The number of halogens is 1. The number of carbonyl (C=O) groups is 1. The predicted octanol–water partition coefficient (Wildman–Crippen LogP) is 3.69. The number of urea groups is 1. The summed E-state index contributed by atoms with van der Waals surface area (Å²) in [4.78, 5) is 21.1. The summed E-state index contributed by atoms with van der Waals surface area (Å²) in [6, 6.07) is 7.82. The molecular weight excluding hydrogens is 373 g/mol. The summed E-state index contributed by atoms with van der Waals surface area (Å²) in [7, 11) is 0. The van der Waals surface area contributed by atoms with Crippen LogP contribution in [0.5, 0.6) is 11.5 Å². The van der Waals surface area contributed by atoms with Gasteiger partial charge >= 0.3 is 6.03 Å². The number of anilines is 2. The van der Waals surface area contributed by atoms with Crippen molar-refractivity contribution in [2.75, 3.05) is 37.2 Å². The van der Waals surface area contributed by atoms with E-state index in [1.165, 1.54) is 44.3 Å². The van der Waals surface area contributed by atoms with Crippen LogP contribution in [0.3, 0.4) is 0 Å². The Morgan fingerprint density at radius 2 is 1.90 bits per heavy atom. The third-order valence-corrected chi connectivity index (χ3v) is 5.56. The highest BCUT2D eigenvalue weighted by Gasteiger charge is 2.28. The number of nitrogens with two attached hydrogens (primary N) is 1. The van der Waals surface area contributed by atoms with Gasteiger partial charge in [-0.15, -0.1) is 0 Å². The van der Waals surface area contributed by atoms with Crippen LogP contribution < -0.4 is 15.8 Å². The molecule has 0 aliphatic carbocycles. The lowest BCUT2D eigenvalue weighted by molar-refractivity contribution is 0.140. The lowest BCUT2D eigenvalue weighted by atomic mass is 10.0. The number of nitrogen functional groups attached to an aromatic ring is 1. The first kappa shape index (κ1) is 19.4. The lowest BCUT2D eigenvalue weighted by Gasteiger charge is -2.36. The highest BCUT2D eigenvalue weighted by atomic mass is 19.1. The Kier molecular flexibility index (Phi) is 5.80. The summed E-state index contributed by atoms with van der Waals surface area (Å²) in [6.45, 7) is 3.84. The second-order valence-corrected chi connectivity index (χ2v) is 7.56. The largest absolute Gasteiger partial charge is 0.454 e. The first-order chi connectivity index (χ1) is 14.1. The van der Waals surface area contributed by atoms with E-state index in [1.54, 1.807) is 18.2 Å². The number of likely N-dealkylation sites (tertiary alicyclic amines) is 2. The zero-order valence-corrected chi connectivity index (χ0v) is 16.3. The van der Waals surface area contributed by atoms with Gasteiger partial charge in [-0.25, -0.2) is 14.2 Å². The molecule has 29 heavy (non-hydrogen) atoms. The number of piperidine rings is 1. The maximum Gasteiger partial charge on any atom is 0.323 e. The first-order valence-electron chi connectivity index (χ1n) is 10.1. The number of carbonyl (C=O) groups excluding carboxylic acids is 1. The highest BCUT2D eigenvalue weighted by molar-refractivity contribution is 5.88. The molecule has 4 rings (SSSR count). The molecule has 0 atom stereocenters. The molecule has 0 saturated carbocycles. The van der Waals surface area contributed by atoms with Crippen LogP contribution in [0.15, 0.2) is 36.5 Å². The normalized spacial score (nSPS) is 18.0. The molecule has 2 aliphatic rings. The number of rotatable bonds is 4. The topological polar surface area (TPSA) is 83.7 Å². The fraction of sp³-hybridized carbons (Fsp3) is 0.429. The smallest absolute Gasteiger partial charge is 0.323 e. The maximum atomic E-state index is 13.9. The van der Waals surface area contributed by atoms with Gasteiger partial charge in [0.2, 0.25) is 0 Å². The van der Waals surface area contributed by atoms with Gasteiger partial charge in [-0.2, -0.15) is 0 Å². The minimum absolute atomic E-state index is 0.0617. The van der Waals surface area contributed by atoms with Crippen molar-refractivity contribution >= 4 is 17.5 Å². The molecule has 2 aromatic rings. The van der Waals surface area contributed by atoms with Crippen LogP contribution in [-0.4, -0.2) is 53.0 Å². The number of nitrogens with one attached hydrogen (secondary N) is 1. The van der Waals surface area contributed by atoms with Crippen molar-refractivity contribution in [3.05, 3.63) is 42.3 Å². The second kappa shape index (κ2) is 8.65. The average Bonchev–Trinajstić information content (AvgIpc) is 3.25. The van der Waals surface area contributed by atoms with Crippen molar-refractivity contribution in [1.29, 1.82) is 0 Å². The van der Waals surface area contributed by atoms with Crippen LogP contribution in [0, 0.1) is 5.82 Å². The van der Waals surface area contributed by atoms with Crippen molar-refractivity contribution in [3.63, 3.8) is 0 Å². The summed E-state index contributed by atoms with van der Waals surface area (Å²) in [5.74, 6) is 0.261. The quantitative estimate of drug-likeness (QED) is 0.766. The van der Waals surface area contributed by atoms with E-state index in [2.05, 4.69) is 15.2 Å². The zero-order valence-electron chi connectivity index (χ0n) is 16.3. The van der Waals surface area contributed by atoms with Gasteiger partial charge in [0.1, 0.15) is 11.6 Å². The molecule has 1 aromatic carbocycles. The summed E-state index contributed by atoms with van der Waals surface area (Å²) in [6.07, 6.45) is 6.08. The molecule has 2 amide bonds. The summed E-state index contributed by atoms with van der Waals surface area (Å²) in [5, 5.41) is 2.81. The number of ether oxygens (including phenoxy) is 1. The molecule has 154 valence electrons. The van der Waals surface area contributed by atoms with Gasteiger partial charge in [-0.1, -0.05) is 0 Å². The monoisotopic (exact) mass is 399 g/mol. The third-order valence-electron chi connectivity index (χ3n) is 5.56. The Labute approximate surface area is 169 Å². The number of amides is 2. The number of nitrogens with zero attached hydrogens (tertiary/aromatic N) is 3. The van der Waals surface area contributed by atoms with Gasteiger partial charge in [0, 0.05) is 43.1 Å².